The summed E-state index contributed by atoms with van der Waals surface area (Å²) in [4.78, 5) is 23.0. The summed E-state index contributed by atoms with van der Waals surface area (Å²) in [5.74, 6) is -2.63. The quantitative estimate of drug-likeness (QED) is 0.804. The Balaban J connectivity index is 0.000000256. The number of halogens is 3. The van der Waals surface area contributed by atoms with Gasteiger partial charge in [0.2, 0.25) is 0 Å². The maximum atomic E-state index is 12.2. The Morgan fingerprint density at radius 2 is 1.71 bits per heavy atom. The van der Waals surface area contributed by atoms with Crippen LogP contribution in [0.15, 0.2) is 18.2 Å². The number of morpholine rings is 1. The normalized spacial score (nSPS) is 16.9. The highest BCUT2D eigenvalue weighted by Gasteiger charge is 2.38. The molecule has 0 aliphatic carbocycles. The number of carbonyl (C=O) groups is 2. The lowest BCUT2D eigenvalue weighted by Gasteiger charge is -2.27. The number of benzene rings is 1. The molecule has 2 N–H and O–H groups in total. The zero-order valence-electron chi connectivity index (χ0n) is 12.7. The standard InChI is InChI=1S/C13H16N2O2.C2HF3O2/c16-13(15-3-5-17-6-4-15)10-1-2-11-8-14-9-12(11)7-10;3-2(4,5)1(6)7/h1-2,7,14H,3-6,8-9H2;(H,6,7). The number of ether oxygens (including phenoxy) is 1. The van der Waals surface area contributed by atoms with Crippen LogP contribution in [0.3, 0.4) is 0 Å². The van der Waals surface area contributed by atoms with Crippen molar-refractivity contribution in [3.05, 3.63) is 34.9 Å². The molecule has 0 aromatic heterocycles. The van der Waals surface area contributed by atoms with Crippen LogP contribution in [0, 0.1) is 0 Å². The number of carbonyl (C=O) groups excluding carboxylic acids is 1. The second-order valence-corrected chi connectivity index (χ2v) is 5.29. The summed E-state index contributed by atoms with van der Waals surface area (Å²) in [6, 6.07) is 6.01. The second-order valence-electron chi connectivity index (χ2n) is 5.29. The molecule has 0 spiro atoms. The van der Waals surface area contributed by atoms with Gasteiger partial charge in [0.1, 0.15) is 0 Å². The van der Waals surface area contributed by atoms with E-state index in [9.17, 15) is 18.0 Å². The molecule has 0 radical (unpaired) electrons. The Hall–Kier alpha value is -2.13. The van der Waals surface area contributed by atoms with Crippen LogP contribution in [0.4, 0.5) is 13.2 Å². The Kier molecular flexibility index (Phi) is 5.79. The molecule has 0 atom stereocenters. The second kappa shape index (κ2) is 7.63. The summed E-state index contributed by atoms with van der Waals surface area (Å²) >= 11 is 0. The van der Waals surface area contributed by atoms with Crippen LogP contribution < -0.4 is 5.32 Å². The van der Waals surface area contributed by atoms with Gasteiger partial charge in [-0.15, -0.1) is 0 Å². The van der Waals surface area contributed by atoms with Gasteiger partial charge in [-0.25, -0.2) is 4.79 Å². The molecule has 0 unspecified atom stereocenters. The minimum atomic E-state index is -5.08. The summed E-state index contributed by atoms with van der Waals surface area (Å²) in [5.41, 5.74) is 3.36. The smallest absolute Gasteiger partial charge is 0.475 e. The van der Waals surface area contributed by atoms with Crippen LogP contribution in [-0.4, -0.2) is 54.4 Å². The Morgan fingerprint density at radius 1 is 1.12 bits per heavy atom. The SMILES string of the molecule is O=C(O)C(F)(F)F.O=C(c1ccc2c(c1)CNC2)N1CCOCC1. The molecule has 0 bridgehead atoms. The van der Waals surface area contributed by atoms with Crippen molar-refractivity contribution in [3.63, 3.8) is 0 Å². The topological polar surface area (TPSA) is 78.9 Å². The maximum absolute atomic E-state index is 12.2. The van der Waals surface area contributed by atoms with E-state index in [0.29, 0.717) is 26.3 Å². The molecule has 132 valence electrons. The molecule has 1 fully saturated rings. The Bertz CT molecular complexity index is 613. The van der Waals surface area contributed by atoms with Gasteiger partial charge in [0, 0.05) is 31.7 Å². The number of aliphatic carboxylic acids is 1. The molecule has 2 aliphatic heterocycles. The van der Waals surface area contributed by atoms with Crippen molar-refractivity contribution in [2.75, 3.05) is 26.3 Å². The van der Waals surface area contributed by atoms with Gasteiger partial charge in [0.15, 0.2) is 0 Å². The number of nitrogens with one attached hydrogen (secondary N) is 1. The van der Waals surface area contributed by atoms with Crippen LogP contribution in [0.25, 0.3) is 0 Å². The van der Waals surface area contributed by atoms with E-state index in [-0.39, 0.29) is 5.91 Å². The molecule has 1 aromatic rings. The molecular formula is C15H17F3N2O4. The highest BCUT2D eigenvalue weighted by atomic mass is 19.4. The predicted octanol–water partition coefficient (Wildman–Crippen LogP) is 1.40. The minimum absolute atomic E-state index is 0.128. The first-order chi connectivity index (χ1) is 11.3. The number of carboxylic acid groups (broad SMARTS) is 1. The third kappa shape index (κ3) is 4.68. The van der Waals surface area contributed by atoms with Crippen molar-refractivity contribution < 1.29 is 32.6 Å². The minimum Gasteiger partial charge on any atom is -0.475 e. The predicted molar refractivity (Wildman–Crippen MR) is 77.4 cm³/mol. The highest BCUT2D eigenvalue weighted by molar-refractivity contribution is 5.94. The first-order valence-electron chi connectivity index (χ1n) is 7.28. The molecule has 1 amide bonds. The van der Waals surface area contributed by atoms with Crippen LogP contribution in [0.2, 0.25) is 0 Å². The molecule has 3 rings (SSSR count). The molecule has 2 heterocycles. The van der Waals surface area contributed by atoms with Gasteiger partial charge in [0.25, 0.3) is 5.91 Å². The first-order valence-corrected chi connectivity index (χ1v) is 7.28. The number of hydrogen-bond acceptors (Lipinski definition) is 4. The summed E-state index contributed by atoms with van der Waals surface area (Å²) in [6.07, 6.45) is -5.08. The molecule has 1 saturated heterocycles. The fourth-order valence-corrected chi connectivity index (χ4v) is 2.38. The van der Waals surface area contributed by atoms with E-state index < -0.39 is 12.1 Å². The van der Waals surface area contributed by atoms with Crippen LogP contribution in [-0.2, 0) is 22.6 Å². The van der Waals surface area contributed by atoms with E-state index in [1.54, 1.807) is 0 Å². The zero-order chi connectivity index (χ0) is 17.7. The van der Waals surface area contributed by atoms with Crippen molar-refractivity contribution in [1.29, 1.82) is 0 Å². The Labute approximate surface area is 136 Å². The monoisotopic (exact) mass is 346 g/mol. The fourth-order valence-electron chi connectivity index (χ4n) is 2.38. The summed E-state index contributed by atoms with van der Waals surface area (Å²) in [5, 5.41) is 10.4. The van der Waals surface area contributed by atoms with Crippen molar-refractivity contribution >= 4 is 11.9 Å². The van der Waals surface area contributed by atoms with Crippen molar-refractivity contribution in [3.8, 4) is 0 Å². The van der Waals surface area contributed by atoms with Gasteiger partial charge in [0.05, 0.1) is 13.2 Å². The van der Waals surface area contributed by atoms with E-state index in [0.717, 1.165) is 18.7 Å². The number of hydrogen-bond donors (Lipinski definition) is 2. The molecule has 9 heteroatoms. The first kappa shape index (κ1) is 18.2. The van der Waals surface area contributed by atoms with Crippen LogP contribution >= 0.6 is 0 Å². The number of nitrogens with zero attached hydrogens (tertiary/aromatic N) is 1. The lowest BCUT2D eigenvalue weighted by atomic mass is 10.1. The molecule has 0 saturated carbocycles. The maximum Gasteiger partial charge on any atom is 0.490 e. The number of carboxylic acids is 1. The lowest BCUT2D eigenvalue weighted by Crippen LogP contribution is -2.40. The number of fused-ring (bicyclic) bond motifs is 1. The van der Waals surface area contributed by atoms with Crippen molar-refractivity contribution in [1.82, 2.24) is 10.2 Å². The fraction of sp³-hybridized carbons (Fsp3) is 0.467. The van der Waals surface area contributed by atoms with Gasteiger partial charge in [-0.1, -0.05) is 6.07 Å². The number of alkyl halides is 3. The molecule has 24 heavy (non-hydrogen) atoms. The van der Waals surface area contributed by atoms with Gasteiger partial charge in [-0.3, -0.25) is 4.79 Å². The summed E-state index contributed by atoms with van der Waals surface area (Å²) < 4.78 is 37.0. The van der Waals surface area contributed by atoms with Gasteiger partial charge < -0.3 is 20.1 Å². The molecule has 6 nitrogen and oxygen atoms in total. The highest BCUT2D eigenvalue weighted by Crippen LogP contribution is 2.18. The van der Waals surface area contributed by atoms with E-state index in [4.69, 9.17) is 14.6 Å². The third-order valence-electron chi connectivity index (χ3n) is 3.62. The van der Waals surface area contributed by atoms with Crippen LogP contribution in [0.1, 0.15) is 21.5 Å². The average Bonchev–Trinajstić information content (AvgIpc) is 3.02. The van der Waals surface area contributed by atoms with Gasteiger partial charge in [-0.2, -0.15) is 13.2 Å². The van der Waals surface area contributed by atoms with Crippen molar-refractivity contribution in [2.24, 2.45) is 0 Å². The number of amides is 1. The van der Waals surface area contributed by atoms with E-state index >= 15 is 0 Å². The van der Waals surface area contributed by atoms with E-state index in [1.165, 1.54) is 11.1 Å². The third-order valence-corrected chi connectivity index (χ3v) is 3.62. The average molecular weight is 346 g/mol. The molecule has 2 aliphatic rings. The van der Waals surface area contributed by atoms with E-state index in [1.807, 2.05) is 17.0 Å². The number of rotatable bonds is 1. The van der Waals surface area contributed by atoms with E-state index in [2.05, 4.69) is 11.4 Å². The molecule has 1 aromatic carbocycles. The Morgan fingerprint density at radius 3 is 2.29 bits per heavy atom. The van der Waals surface area contributed by atoms with Gasteiger partial charge in [-0.05, 0) is 23.3 Å². The summed E-state index contributed by atoms with van der Waals surface area (Å²) in [7, 11) is 0. The summed E-state index contributed by atoms with van der Waals surface area (Å²) in [6.45, 7) is 4.50. The largest absolute Gasteiger partial charge is 0.490 e. The zero-order valence-corrected chi connectivity index (χ0v) is 12.7. The van der Waals surface area contributed by atoms with Crippen LogP contribution in [0.5, 0.6) is 0 Å². The van der Waals surface area contributed by atoms with Gasteiger partial charge >= 0.3 is 12.1 Å². The lowest BCUT2D eigenvalue weighted by molar-refractivity contribution is -0.192. The molecular weight excluding hydrogens is 329 g/mol. The van der Waals surface area contributed by atoms with Crippen molar-refractivity contribution in [2.45, 2.75) is 19.3 Å².